The molecule has 0 saturated heterocycles. The van der Waals surface area contributed by atoms with E-state index < -0.39 is 5.91 Å². The molecule has 0 aliphatic carbocycles. The second kappa shape index (κ2) is 9.38. The lowest BCUT2D eigenvalue weighted by Gasteiger charge is -2.04. The average Bonchev–Trinajstić information content (AvgIpc) is 3.08. The summed E-state index contributed by atoms with van der Waals surface area (Å²) >= 11 is 0. The third kappa shape index (κ3) is 4.90. The van der Waals surface area contributed by atoms with Gasteiger partial charge in [-0.1, -0.05) is 48.5 Å². The Bertz CT molecular complexity index is 1090. The van der Waals surface area contributed by atoms with Crippen LogP contribution in [0.3, 0.4) is 0 Å². The van der Waals surface area contributed by atoms with Crippen molar-refractivity contribution in [3.8, 4) is 6.07 Å². The van der Waals surface area contributed by atoms with Gasteiger partial charge in [0.1, 0.15) is 18.2 Å². The number of hydrogen-bond acceptors (Lipinski definition) is 4. The molecule has 0 atom stereocenters. The van der Waals surface area contributed by atoms with E-state index in [1.54, 1.807) is 23.8 Å². The fraction of sp³-hybridized carbons (Fsp3) is 0.174. The van der Waals surface area contributed by atoms with Crippen LogP contribution in [-0.4, -0.2) is 23.1 Å². The molecule has 1 aromatic heterocycles. The molecule has 6 nitrogen and oxygen atoms in total. The summed E-state index contributed by atoms with van der Waals surface area (Å²) < 4.78 is 6.79. The number of para-hydroxylation sites is 1. The predicted molar refractivity (Wildman–Crippen MR) is 110 cm³/mol. The van der Waals surface area contributed by atoms with Crippen LogP contribution in [0.1, 0.15) is 18.1 Å². The Balaban J connectivity index is 1.86. The second-order valence-electron chi connectivity index (χ2n) is 6.37. The summed E-state index contributed by atoms with van der Waals surface area (Å²) in [5, 5.41) is 13.1. The highest BCUT2D eigenvalue weighted by Crippen LogP contribution is 2.23. The van der Waals surface area contributed by atoms with Crippen LogP contribution >= 0.6 is 0 Å². The SMILES string of the molecule is CCOC(=O)Cn1cc(/C=C(\C#N)C(=O)NCc2ccccc2)c2ccccc21. The first kappa shape index (κ1) is 19.9. The Hall–Kier alpha value is -3.85. The first-order valence-electron chi connectivity index (χ1n) is 9.29. The summed E-state index contributed by atoms with van der Waals surface area (Å²) in [5.74, 6) is -0.788. The lowest BCUT2D eigenvalue weighted by molar-refractivity contribution is -0.143. The minimum Gasteiger partial charge on any atom is -0.465 e. The Morgan fingerprint density at radius 3 is 2.59 bits per heavy atom. The fourth-order valence-corrected chi connectivity index (χ4v) is 3.04. The van der Waals surface area contributed by atoms with E-state index in [9.17, 15) is 14.9 Å². The molecule has 0 fully saturated rings. The zero-order valence-electron chi connectivity index (χ0n) is 16.1. The first-order valence-corrected chi connectivity index (χ1v) is 9.29. The van der Waals surface area contributed by atoms with Crippen LogP contribution in [0.4, 0.5) is 0 Å². The van der Waals surface area contributed by atoms with Gasteiger partial charge in [-0.3, -0.25) is 9.59 Å². The van der Waals surface area contributed by atoms with E-state index in [-0.39, 0.29) is 18.1 Å². The van der Waals surface area contributed by atoms with E-state index in [4.69, 9.17) is 4.74 Å². The molecule has 1 amide bonds. The number of nitrogens with one attached hydrogen (secondary N) is 1. The zero-order chi connectivity index (χ0) is 20.6. The Labute approximate surface area is 169 Å². The van der Waals surface area contributed by atoms with Gasteiger partial charge in [-0.15, -0.1) is 0 Å². The van der Waals surface area contributed by atoms with Gasteiger partial charge in [0.15, 0.2) is 0 Å². The van der Waals surface area contributed by atoms with Crippen LogP contribution in [0.25, 0.3) is 17.0 Å². The molecule has 6 heteroatoms. The number of carbonyl (C=O) groups is 2. The molecule has 0 aliphatic heterocycles. The van der Waals surface area contributed by atoms with Crippen LogP contribution in [0.2, 0.25) is 0 Å². The molecule has 0 saturated carbocycles. The highest BCUT2D eigenvalue weighted by Gasteiger charge is 2.14. The summed E-state index contributed by atoms with van der Waals surface area (Å²) in [5.41, 5.74) is 2.47. The average molecular weight is 387 g/mol. The number of rotatable bonds is 7. The topological polar surface area (TPSA) is 84.1 Å². The van der Waals surface area contributed by atoms with Gasteiger partial charge in [0.2, 0.25) is 0 Å². The van der Waals surface area contributed by atoms with E-state index in [0.717, 1.165) is 16.5 Å². The Morgan fingerprint density at radius 1 is 1.14 bits per heavy atom. The van der Waals surface area contributed by atoms with Gasteiger partial charge in [-0.2, -0.15) is 5.26 Å². The van der Waals surface area contributed by atoms with Gasteiger partial charge in [0, 0.05) is 29.2 Å². The number of fused-ring (bicyclic) bond motifs is 1. The number of amides is 1. The summed E-state index contributed by atoms with van der Waals surface area (Å²) in [6.45, 7) is 2.46. The van der Waals surface area contributed by atoms with E-state index in [0.29, 0.717) is 18.7 Å². The van der Waals surface area contributed by atoms with Crippen molar-refractivity contribution in [3.63, 3.8) is 0 Å². The summed E-state index contributed by atoms with van der Waals surface area (Å²) in [4.78, 5) is 24.4. The van der Waals surface area contributed by atoms with Gasteiger partial charge < -0.3 is 14.6 Å². The summed E-state index contributed by atoms with van der Waals surface area (Å²) in [6.07, 6.45) is 3.30. The molecular weight excluding hydrogens is 366 g/mol. The molecule has 2 aromatic carbocycles. The van der Waals surface area contributed by atoms with Crippen molar-refractivity contribution >= 4 is 28.9 Å². The molecule has 3 aromatic rings. The van der Waals surface area contributed by atoms with Gasteiger partial charge in [0.25, 0.3) is 5.91 Å². The number of benzene rings is 2. The first-order chi connectivity index (χ1) is 14.1. The van der Waals surface area contributed by atoms with Crippen molar-refractivity contribution in [2.24, 2.45) is 0 Å². The predicted octanol–water partition coefficient (Wildman–Crippen LogP) is 3.43. The standard InChI is InChI=1S/C23H21N3O3/c1-2-29-22(27)16-26-15-19(20-10-6-7-11-21(20)26)12-18(13-24)23(28)25-14-17-8-4-3-5-9-17/h3-12,15H,2,14,16H2,1H3,(H,25,28)/b18-12+. The number of carbonyl (C=O) groups excluding carboxylic acids is 2. The molecule has 0 unspecified atom stereocenters. The molecule has 1 heterocycles. The summed E-state index contributed by atoms with van der Waals surface area (Å²) in [6, 6.07) is 19.0. The molecule has 3 rings (SSSR count). The van der Waals surface area contributed by atoms with Gasteiger partial charge in [-0.05, 0) is 24.6 Å². The summed E-state index contributed by atoms with van der Waals surface area (Å²) in [7, 11) is 0. The minimum absolute atomic E-state index is 0.0000288. The number of ether oxygens (including phenoxy) is 1. The van der Waals surface area contributed by atoms with E-state index in [1.807, 2.05) is 60.7 Å². The highest BCUT2D eigenvalue weighted by atomic mass is 16.5. The van der Waals surface area contributed by atoms with E-state index in [1.165, 1.54) is 0 Å². The maximum atomic E-state index is 12.5. The maximum absolute atomic E-state index is 12.5. The van der Waals surface area contributed by atoms with Crippen LogP contribution in [0, 0.1) is 11.3 Å². The van der Waals surface area contributed by atoms with Crippen molar-refractivity contribution in [2.45, 2.75) is 20.0 Å². The monoisotopic (exact) mass is 387 g/mol. The van der Waals surface area contributed by atoms with Gasteiger partial charge in [0.05, 0.1) is 6.61 Å². The van der Waals surface area contributed by atoms with Crippen molar-refractivity contribution in [2.75, 3.05) is 6.61 Å². The largest absolute Gasteiger partial charge is 0.465 e. The molecule has 29 heavy (non-hydrogen) atoms. The molecule has 0 radical (unpaired) electrons. The van der Waals surface area contributed by atoms with Crippen LogP contribution in [0.15, 0.2) is 66.4 Å². The number of nitrogens with zero attached hydrogens (tertiary/aromatic N) is 2. The van der Waals surface area contributed by atoms with Gasteiger partial charge in [-0.25, -0.2) is 0 Å². The smallest absolute Gasteiger partial charge is 0.325 e. The number of hydrogen-bond donors (Lipinski definition) is 1. The number of nitriles is 1. The van der Waals surface area contributed by atoms with E-state index in [2.05, 4.69) is 5.32 Å². The molecule has 146 valence electrons. The zero-order valence-corrected chi connectivity index (χ0v) is 16.1. The molecule has 1 N–H and O–H groups in total. The normalized spacial score (nSPS) is 11.1. The maximum Gasteiger partial charge on any atom is 0.325 e. The molecule has 0 spiro atoms. The van der Waals surface area contributed by atoms with Crippen LogP contribution in [0.5, 0.6) is 0 Å². The molecule has 0 aliphatic rings. The third-order valence-electron chi connectivity index (χ3n) is 4.38. The second-order valence-corrected chi connectivity index (χ2v) is 6.37. The van der Waals surface area contributed by atoms with Crippen molar-refractivity contribution < 1.29 is 14.3 Å². The van der Waals surface area contributed by atoms with Crippen molar-refractivity contribution in [3.05, 3.63) is 77.5 Å². The Kier molecular flexibility index (Phi) is 6.43. The third-order valence-corrected chi connectivity index (χ3v) is 4.38. The lowest BCUT2D eigenvalue weighted by Crippen LogP contribution is -2.23. The molecule has 0 bridgehead atoms. The van der Waals surface area contributed by atoms with E-state index >= 15 is 0 Å². The van der Waals surface area contributed by atoms with Crippen molar-refractivity contribution in [1.82, 2.24) is 9.88 Å². The van der Waals surface area contributed by atoms with Crippen LogP contribution in [-0.2, 0) is 27.4 Å². The number of aromatic nitrogens is 1. The van der Waals surface area contributed by atoms with Crippen LogP contribution < -0.4 is 5.32 Å². The lowest BCUT2D eigenvalue weighted by atomic mass is 10.1. The fourth-order valence-electron chi connectivity index (χ4n) is 3.04. The Morgan fingerprint density at radius 2 is 1.86 bits per heavy atom. The van der Waals surface area contributed by atoms with Crippen molar-refractivity contribution in [1.29, 1.82) is 5.26 Å². The van der Waals surface area contributed by atoms with Gasteiger partial charge >= 0.3 is 5.97 Å². The number of esters is 1. The molecular formula is C23H21N3O3. The quantitative estimate of drug-likeness (QED) is 0.382. The minimum atomic E-state index is -0.446. The highest BCUT2D eigenvalue weighted by molar-refractivity contribution is 6.04.